The molecule has 0 saturated heterocycles. The van der Waals surface area contributed by atoms with Crippen LogP contribution >= 0.6 is 0 Å². The number of aromatic nitrogens is 2. The lowest BCUT2D eigenvalue weighted by molar-refractivity contribution is -0.671. The highest BCUT2D eigenvalue weighted by Gasteiger charge is 2.29. The normalized spacial score (nSPS) is 13.9. The van der Waals surface area contributed by atoms with E-state index in [0.29, 0.717) is 5.69 Å². The maximum Gasteiger partial charge on any atom is 0.287 e. The Kier molecular flexibility index (Phi) is 3.57. The molecule has 0 aliphatic carbocycles. The van der Waals surface area contributed by atoms with Gasteiger partial charge in [0.15, 0.2) is 0 Å². The van der Waals surface area contributed by atoms with E-state index in [0.717, 1.165) is 60.7 Å². The topological polar surface area (TPSA) is 21.9 Å². The Bertz CT molecular complexity index is 1840. The van der Waals surface area contributed by atoms with Gasteiger partial charge in [-0.2, -0.15) is 4.57 Å². The first kappa shape index (κ1) is 17.0. The number of furan rings is 1. The average Bonchev–Trinajstić information content (AvgIpc) is 3.35. The highest BCUT2D eigenvalue weighted by Crippen LogP contribution is 2.46. The van der Waals surface area contributed by atoms with Gasteiger partial charge < -0.3 is 4.42 Å². The summed E-state index contributed by atoms with van der Waals surface area (Å²) in [6, 6.07) is 20.5. The number of para-hydroxylation sites is 2. The van der Waals surface area contributed by atoms with Crippen molar-refractivity contribution in [1.29, 1.82) is 0 Å². The third kappa shape index (κ3) is 2.65. The second-order valence-corrected chi connectivity index (χ2v) is 9.41. The van der Waals surface area contributed by atoms with Gasteiger partial charge in [-0.15, -0.1) is 0 Å². The summed E-state index contributed by atoms with van der Waals surface area (Å²) < 4.78 is 35.1. The number of benzene rings is 3. The largest absolute Gasteiger partial charge is 0.456 e. The minimum Gasteiger partial charge on any atom is -0.456 e. The minimum atomic E-state index is -2.22. The molecule has 6 rings (SSSR count). The molecule has 3 nitrogen and oxygen atoms in total. The molecule has 0 aliphatic rings. The molecule has 3 heteroatoms. The summed E-state index contributed by atoms with van der Waals surface area (Å²) in [5.41, 5.74) is 7.53. The van der Waals surface area contributed by atoms with Gasteiger partial charge in [0.1, 0.15) is 27.9 Å². The van der Waals surface area contributed by atoms with E-state index in [1.807, 2.05) is 36.7 Å². The first-order valence-electron chi connectivity index (χ1n) is 13.0. The lowest BCUT2D eigenvalue weighted by Crippen LogP contribution is -2.37. The molecule has 6 aromatic rings. The fourth-order valence-electron chi connectivity index (χ4n) is 5.56. The average molecular weight is 437 g/mol. The molecule has 0 aliphatic heterocycles. The number of nitrogens with zero attached hydrogens (tertiary/aromatic N) is 2. The smallest absolute Gasteiger partial charge is 0.287 e. The fraction of sp³-hybridized carbons (Fsp3) is 0.233. The van der Waals surface area contributed by atoms with E-state index in [1.165, 1.54) is 5.56 Å². The van der Waals surface area contributed by atoms with Crippen LogP contribution in [0.15, 0.2) is 65.1 Å². The molecule has 0 N–H and O–H groups in total. The van der Waals surface area contributed by atoms with Crippen molar-refractivity contribution in [3.05, 3.63) is 83.0 Å². The van der Waals surface area contributed by atoms with Gasteiger partial charge in [0.05, 0.1) is 7.05 Å². The summed E-state index contributed by atoms with van der Waals surface area (Å²) in [5.74, 6) is 1.07. The Labute approximate surface area is 198 Å². The van der Waals surface area contributed by atoms with Crippen LogP contribution in [0, 0.1) is 20.7 Å². The lowest BCUT2D eigenvalue weighted by atomic mass is 9.92. The van der Waals surface area contributed by atoms with Gasteiger partial charge in [0.2, 0.25) is 0 Å². The highest BCUT2D eigenvalue weighted by atomic mass is 16.3. The Hall–Kier alpha value is -3.59. The maximum absolute atomic E-state index is 8.16. The Morgan fingerprint density at radius 1 is 0.939 bits per heavy atom. The van der Waals surface area contributed by atoms with E-state index in [4.69, 9.17) is 8.53 Å². The van der Waals surface area contributed by atoms with Gasteiger partial charge in [-0.25, -0.2) is 4.57 Å². The molecular formula is C30H29N2O+. The lowest BCUT2D eigenvalue weighted by Gasteiger charge is -2.13. The van der Waals surface area contributed by atoms with Crippen LogP contribution < -0.4 is 4.57 Å². The van der Waals surface area contributed by atoms with Gasteiger partial charge in [-0.3, -0.25) is 0 Å². The van der Waals surface area contributed by atoms with Crippen LogP contribution in [0.2, 0.25) is 0 Å². The number of pyridine rings is 1. The summed E-state index contributed by atoms with van der Waals surface area (Å²) in [6.45, 7) is 6.31. The first-order chi connectivity index (χ1) is 17.1. The van der Waals surface area contributed by atoms with Gasteiger partial charge in [0.25, 0.3) is 5.82 Å². The van der Waals surface area contributed by atoms with E-state index >= 15 is 0 Å². The SMILES string of the molecule is [2H]C([2H])([2H])c1cc(C)cc(-n2c3ccccc3c3c4c(oc5ccccc54)c(C(C)C)c(C)c32)[n+]1C. The Balaban J connectivity index is 1.93. The second-order valence-electron chi connectivity index (χ2n) is 9.41. The minimum absolute atomic E-state index is 0.244. The number of rotatable bonds is 2. The number of fused-ring (bicyclic) bond motifs is 7. The van der Waals surface area contributed by atoms with Crippen molar-refractivity contribution in [1.82, 2.24) is 4.57 Å². The zero-order chi connectivity index (χ0) is 25.5. The molecule has 164 valence electrons. The number of hydrogen-bond donors (Lipinski definition) is 0. The molecule has 0 fully saturated rings. The van der Waals surface area contributed by atoms with Crippen LogP contribution in [-0.2, 0) is 7.05 Å². The molecule has 0 spiro atoms. The molecule has 3 aromatic heterocycles. The second kappa shape index (κ2) is 6.95. The predicted octanol–water partition coefficient (Wildman–Crippen LogP) is 7.56. The molecule has 3 aromatic carbocycles. The molecule has 0 bridgehead atoms. The van der Waals surface area contributed by atoms with Crippen molar-refractivity contribution >= 4 is 43.7 Å². The van der Waals surface area contributed by atoms with E-state index < -0.39 is 6.85 Å². The Morgan fingerprint density at radius 3 is 2.42 bits per heavy atom. The zero-order valence-electron chi connectivity index (χ0n) is 22.7. The molecule has 0 saturated carbocycles. The molecule has 0 radical (unpaired) electrons. The summed E-state index contributed by atoms with van der Waals surface area (Å²) in [5, 5.41) is 4.49. The van der Waals surface area contributed by atoms with Gasteiger partial charge >= 0.3 is 0 Å². The van der Waals surface area contributed by atoms with Crippen molar-refractivity contribution in [3.8, 4) is 5.82 Å². The standard InChI is InChI=1S/C30H29N2O/c1-17(2)26-20(5)29-27(28-22-12-8-10-14-24(22)33-30(26)28)21-11-7-9-13-23(21)32(29)25-16-18(3)15-19(4)31(25)6/h7-17H,1-6H3/q+1/i4D3. The van der Waals surface area contributed by atoms with Crippen molar-refractivity contribution in [2.24, 2.45) is 7.05 Å². The van der Waals surface area contributed by atoms with Crippen molar-refractivity contribution in [2.45, 2.75) is 40.5 Å². The third-order valence-electron chi connectivity index (χ3n) is 6.96. The quantitative estimate of drug-likeness (QED) is 0.257. The van der Waals surface area contributed by atoms with Crippen LogP contribution in [0.3, 0.4) is 0 Å². The molecule has 0 atom stereocenters. The first-order valence-corrected chi connectivity index (χ1v) is 11.5. The summed E-state index contributed by atoms with van der Waals surface area (Å²) in [4.78, 5) is 0. The third-order valence-corrected chi connectivity index (χ3v) is 6.96. The molecule has 0 amide bonds. The predicted molar refractivity (Wildman–Crippen MR) is 138 cm³/mol. The van der Waals surface area contributed by atoms with E-state index in [9.17, 15) is 0 Å². The molecular weight excluding hydrogens is 404 g/mol. The van der Waals surface area contributed by atoms with E-state index in [1.54, 1.807) is 6.07 Å². The van der Waals surface area contributed by atoms with Crippen LogP contribution in [0.25, 0.3) is 49.6 Å². The van der Waals surface area contributed by atoms with Gasteiger partial charge in [-0.1, -0.05) is 44.2 Å². The van der Waals surface area contributed by atoms with Crippen LogP contribution in [0.4, 0.5) is 0 Å². The van der Waals surface area contributed by atoms with Crippen LogP contribution in [0.1, 0.15) is 46.3 Å². The fourth-order valence-corrected chi connectivity index (χ4v) is 5.56. The molecule has 3 heterocycles. The van der Waals surface area contributed by atoms with E-state index in [-0.39, 0.29) is 5.92 Å². The van der Waals surface area contributed by atoms with Crippen molar-refractivity contribution in [3.63, 3.8) is 0 Å². The molecule has 33 heavy (non-hydrogen) atoms. The van der Waals surface area contributed by atoms with Crippen LogP contribution in [0.5, 0.6) is 0 Å². The highest BCUT2D eigenvalue weighted by molar-refractivity contribution is 6.28. The maximum atomic E-state index is 8.16. The van der Waals surface area contributed by atoms with Crippen molar-refractivity contribution < 1.29 is 13.1 Å². The Morgan fingerprint density at radius 2 is 1.67 bits per heavy atom. The zero-order valence-corrected chi connectivity index (χ0v) is 19.7. The number of hydrogen-bond acceptors (Lipinski definition) is 1. The summed E-state index contributed by atoms with van der Waals surface area (Å²) in [7, 11) is 1.85. The monoisotopic (exact) mass is 436 g/mol. The van der Waals surface area contributed by atoms with E-state index in [2.05, 4.69) is 61.7 Å². The molecule has 0 unspecified atom stereocenters. The van der Waals surface area contributed by atoms with Crippen molar-refractivity contribution in [2.75, 3.05) is 0 Å². The van der Waals surface area contributed by atoms with Gasteiger partial charge in [-0.05, 0) is 56.4 Å². The summed E-state index contributed by atoms with van der Waals surface area (Å²) >= 11 is 0. The van der Waals surface area contributed by atoms with Crippen LogP contribution in [-0.4, -0.2) is 4.57 Å². The number of aryl methyl sites for hydroxylation is 3. The van der Waals surface area contributed by atoms with Gasteiger partial charge in [0, 0.05) is 42.9 Å². The summed E-state index contributed by atoms with van der Waals surface area (Å²) in [6.07, 6.45) is 0.